The maximum atomic E-state index is 13.3. The van der Waals surface area contributed by atoms with Gasteiger partial charge in [-0.3, -0.25) is 19.2 Å². The van der Waals surface area contributed by atoms with Gasteiger partial charge in [-0.15, -0.1) is 0 Å². The second-order valence-corrected chi connectivity index (χ2v) is 7.97. The van der Waals surface area contributed by atoms with Gasteiger partial charge in [0.05, 0.1) is 23.6 Å². The van der Waals surface area contributed by atoms with Crippen molar-refractivity contribution in [3.8, 4) is 0 Å². The summed E-state index contributed by atoms with van der Waals surface area (Å²) in [6.45, 7) is 2.33. The molecule has 0 aromatic heterocycles. The molecule has 28 heavy (non-hydrogen) atoms. The molecule has 4 atom stereocenters. The quantitative estimate of drug-likeness (QED) is 0.205. The molecule has 4 rings (SSSR count). The summed E-state index contributed by atoms with van der Waals surface area (Å²) in [4.78, 5) is 50.7. The largest absolute Gasteiger partial charge is 0.422 e. The first-order valence-corrected chi connectivity index (χ1v) is 9.68. The van der Waals surface area contributed by atoms with Crippen LogP contribution in [0.1, 0.15) is 13.8 Å². The number of halogens is 1. The normalized spacial score (nSPS) is 30.1. The van der Waals surface area contributed by atoms with Gasteiger partial charge in [0.1, 0.15) is 0 Å². The van der Waals surface area contributed by atoms with Crippen LogP contribution in [0.25, 0.3) is 0 Å². The summed E-state index contributed by atoms with van der Waals surface area (Å²) in [5, 5.41) is 0. The van der Waals surface area contributed by atoms with Crippen molar-refractivity contribution >= 4 is 52.0 Å². The zero-order valence-electron chi connectivity index (χ0n) is 15.0. The van der Waals surface area contributed by atoms with Crippen LogP contribution in [-0.2, 0) is 33.4 Å². The zero-order chi connectivity index (χ0) is 20.2. The summed E-state index contributed by atoms with van der Waals surface area (Å²) < 4.78 is 17.0. The van der Waals surface area contributed by atoms with Gasteiger partial charge in [-0.25, -0.2) is 4.90 Å². The lowest BCUT2D eigenvalue weighted by molar-refractivity contribution is -0.226. The van der Waals surface area contributed by atoms with E-state index in [4.69, 9.17) is 14.2 Å². The molecule has 9 heteroatoms. The van der Waals surface area contributed by atoms with Crippen LogP contribution in [0.4, 0.5) is 5.69 Å². The molecule has 0 spiro atoms. The second-order valence-electron chi connectivity index (χ2n) is 6.81. The number of hydrogen-bond acceptors (Lipinski definition) is 7. The van der Waals surface area contributed by atoms with Crippen LogP contribution in [0, 0.1) is 15.4 Å². The van der Waals surface area contributed by atoms with E-state index in [9.17, 15) is 19.2 Å². The molecule has 2 amide bonds. The number of hydrogen-bond donors (Lipinski definition) is 0. The molecule has 2 saturated heterocycles. The molecule has 0 N–H and O–H groups in total. The number of carbonyl (C=O) groups excluding carboxylic acids is 4. The van der Waals surface area contributed by atoms with Crippen LogP contribution < -0.4 is 4.90 Å². The Morgan fingerprint density at radius 1 is 1.14 bits per heavy atom. The number of esters is 2. The van der Waals surface area contributed by atoms with E-state index in [2.05, 4.69) is 22.6 Å². The van der Waals surface area contributed by atoms with E-state index in [-0.39, 0.29) is 5.91 Å². The third kappa shape index (κ3) is 2.67. The van der Waals surface area contributed by atoms with Gasteiger partial charge in [0.25, 0.3) is 6.29 Å². The van der Waals surface area contributed by atoms with E-state index in [0.717, 1.165) is 22.3 Å². The van der Waals surface area contributed by atoms with Gasteiger partial charge >= 0.3 is 11.9 Å². The molecule has 0 aliphatic carbocycles. The van der Waals surface area contributed by atoms with E-state index in [1.165, 1.54) is 0 Å². The van der Waals surface area contributed by atoms with Crippen LogP contribution >= 0.6 is 22.6 Å². The lowest BCUT2D eigenvalue weighted by Gasteiger charge is -2.34. The first-order chi connectivity index (χ1) is 13.3. The van der Waals surface area contributed by atoms with E-state index in [1.54, 1.807) is 30.4 Å². The maximum absolute atomic E-state index is 13.3. The SMILES string of the molecule is CC(=O)OC(OC(C)=O)[C@@]12C=C[C@@H](O1)[C@@H]1C(=O)N(c3ccccc3I)C(=O)[C@H]12. The minimum Gasteiger partial charge on any atom is -0.422 e. The van der Waals surface area contributed by atoms with E-state index < -0.39 is 47.7 Å². The molecule has 3 aliphatic heterocycles. The Kier molecular flexibility index (Phi) is 4.53. The molecule has 8 nitrogen and oxygen atoms in total. The predicted molar refractivity (Wildman–Crippen MR) is 103 cm³/mol. The minimum absolute atomic E-state index is 0.389. The third-order valence-electron chi connectivity index (χ3n) is 5.09. The second kappa shape index (κ2) is 6.66. The summed E-state index contributed by atoms with van der Waals surface area (Å²) in [5.41, 5.74) is -1.05. The number of imide groups is 1. The van der Waals surface area contributed by atoms with Crippen LogP contribution in [0.15, 0.2) is 36.4 Å². The minimum atomic E-state index is -1.53. The Morgan fingerprint density at radius 2 is 1.79 bits per heavy atom. The fourth-order valence-electron chi connectivity index (χ4n) is 4.09. The zero-order valence-corrected chi connectivity index (χ0v) is 17.1. The number of anilines is 1. The summed E-state index contributed by atoms with van der Waals surface area (Å²) in [7, 11) is 0. The van der Waals surface area contributed by atoms with Crippen molar-refractivity contribution < 1.29 is 33.4 Å². The van der Waals surface area contributed by atoms with Crippen molar-refractivity contribution in [1.29, 1.82) is 0 Å². The van der Waals surface area contributed by atoms with Gasteiger partial charge in [0.15, 0.2) is 5.60 Å². The number of amides is 2. The third-order valence-corrected chi connectivity index (χ3v) is 6.00. The van der Waals surface area contributed by atoms with Gasteiger partial charge in [-0.1, -0.05) is 18.2 Å². The molecule has 0 radical (unpaired) electrons. The summed E-state index contributed by atoms with van der Waals surface area (Å²) in [6, 6.07) is 7.04. The van der Waals surface area contributed by atoms with E-state index in [0.29, 0.717) is 5.69 Å². The first kappa shape index (κ1) is 19.1. The Hall–Kier alpha value is -2.27. The van der Waals surface area contributed by atoms with Crippen molar-refractivity contribution in [2.24, 2.45) is 11.8 Å². The van der Waals surface area contributed by atoms with Crippen molar-refractivity contribution in [2.75, 3.05) is 4.90 Å². The number of rotatable bonds is 4. The van der Waals surface area contributed by atoms with Crippen LogP contribution in [0.3, 0.4) is 0 Å². The molecule has 146 valence electrons. The average Bonchev–Trinajstić information content (AvgIpc) is 3.26. The lowest BCUT2D eigenvalue weighted by Crippen LogP contribution is -2.52. The fourth-order valence-corrected chi connectivity index (χ4v) is 4.72. The van der Waals surface area contributed by atoms with Gasteiger partial charge in [-0.2, -0.15) is 0 Å². The molecule has 2 bridgehead atoms. The van der Waals surface area contributed by atoms with Gasteiger partial charge in [0, 0.05) is 17.4 Å². The fraction of sp³-hybridized carbons (Fsp3) is 0.368. The Labute approximate surface area is 173 Å². The highest BCUT2D eigenvalue weighted by atomic mass is 127. The predicted octanol–water partition coefficient (Wildman–Crippen LogP) is 1.56. The Bertz CT molecular complexity index is 913. The maximum Gasteiger partial charge on any atom is 0.305 e. The first-order valence-electron chi connectivity index (χ1n) is 8.60. The van der Waals surface area contributed by atoms with Crippen molar-refractivity contribution in [3.63, 3.8) is 0 Å². The van der Waals surface area contributed by atoms with Crippen molar-refractivity contribution in [3.05, 3.63) is 40.0 Å². The highest BCUT2D eigenvalue weighted by Crippen LogP contribution is 2.55. The van der Waals surface area contributed by atoms with Crippen LogP contribution in [-0.4, -0.2) is 41.7 Å². The van der Waals surface area contributed by atoms with Gasteiger partial charge in [0.2, 0.25) is 11.8 Å². The lowest BCUT2D eigenvalue weighted by atomic mass is 9.76. The standard InChI is InChI=1S/C19H16INO7/c1-9(22)26-18(27-10(2)23)19-8-7-13(28-19)14-15(19)17(25)21(16(14)24)12-6-4-3-5-11(12)20/h3-8,13-15,18H,1-2H3/t13-,14+,15+,19+/m1/s1. The number of carbonyl (C=O) groups is 4. The van der Waals surface area contributed by atoms with E-state index in [1.807, 2.05) is 6.07 Å². The molecular weight excluding hydrogens is 481 g/mol. The molecule has 1 aromatic carbocycles. The molecule has 2 fully saturated rings. The monoisotopic (exact) mass is 497 g/mol. The molecule has 0 saturated carbocycles. The summed E-state index contributed by atoms with van der Waals surface area (Å²) in [5.74, 6) is -4.00. The topological polar surface area (TPSA) is 99.2 Å². The number of nitrogens with zero attached hydrogens (tertiary/aromatic N) is 1. The number of fused-ring (bicyclic) bond motifs is 5. The number of para-hydroxylation sites is 1. The van der Waals surface area contributed by atoms with Crippen LogP contribution in [0.5, 0.6) is 0 Å². The highest BCUT2D eigenvalue weighted by molar-refractivity contribution is 14.1. The van der Waals surface area contributed by atoms with Crippen LogP contribution in [0.2, 0.25) is 0 Å². The average molecular weight is 497 g/mol. The van der Waals surface area contributed by atoms with Gasteiger partial charge in [-0.05, 0) is 40.8 Å². The number of benzene rings is 1. The van der Waals surface area contributed by atoms with Gasteiger partial charge < -0.3 is 14.2 Å². The highest BCUT2D eigenvalue weighted by Gasteiger charge is 2.72. The molecule has 3 aliphatic rings. The van der Waals surface area contributed by atoms with E-state index >= 15 is 0 Å². The molecule has 1 aromatic rings. The van der Waals surface area contributed by atoms with Crippen molar-refractivity contribution in [2.45, 2.75) is 31.8 Å². The molecule has 3 heterocycles. The summed E-state index contributed by atoms with van der Waals surface area (Å²) >= 11 is 2.06. The summed E-state index contributed by atoms with van der Waals surface area (Å²) in [6.07, 6.45) is 1.07. The molecule has 0 unspecified atom stereocenters. The molecular formula is C19H16INO7. The van der Waals surface area contributed by atoms with Crippen molar-refractivity contribution in [1.82, 2.24) is 0 Å². The smallest absolute Gasteiger partial charge is 0.305 e. The Balaban J connectivity index is 1.77. The Morgan fingerprint density at radius 3 is 2.39 bits per heavy atom. The number of ether oxygens (including phenoxy) is 3.